The monoisotopic (exact) mass is 321 g/mol. The molecule has 1 N–H and O–H groups in total. The van der Waals surface area contributed by atoms with E-state index >= 15 is 0 Å². The Hall–Kier alpha value is -2.33. The van der Waals surface area contributed by atoms with Gasteiger partial charge >= 0.3 is 0 Å². The predicted octanol–water partition coefficient (Wildman–Crippen LogP) is 4.44. The summed E-state index contributed by atoms with van der Waals surface area (Å²) in [7, 11) is 0. The summed E-state index contributed by atoms with van der Waals surface area (Å²) in [5.74, 6) is 3.60. The molecule has 1 aromatic carbocycles. The lowest BCUT2D eigenvalue weighted by Gasteiger charge is -2.14. The highest BCUT2D eigenvalue weighted by Crippen LogP contribution is 2.47. The molecular weight excluding hydrogens is 298 g/mol. The molecule has 0 spiro atoms. The number of furan rings is 1. The zero-order valence-electron chi connectivity index (χ0n) is 14.1. The van der Waals surface area contributed by atoms with Gasteiger partial charge in [0, 0.05) is 30.0 Å². The normalized spacial score (nSPS) is 20.9. The topological polar surface area (TPSA) is 43.0 Å². The van der Waals surface area contributed by atoms with Crippen LogP contribution in [0.3, 0.4) is 0 Å². The average molecular weight is 321 g/mol. The molecule has 0 radical (unpaired) electrons. The van der Waals surface area contributed by atoms with Crippen molar-refractivity contribution >= 4 is 0 Å². The third-order valence-corrected chi connectivity index (χ3v) is 4.94. The van der Waals surface area contributed by atoms with Crippen molar-refractivity contribution in [3.63, 3.8) is 0 Å². The standard InChI is InChI=1S/C20H23N3O/c1-14-11-19(14)20-8-7-18(24-20)12-22-15(2)16-3-5-17(6-4-16)23-10-9-21-13-23/h3-10,13-15,19,22H,11-12H2,1-2H3. The first kappa shape index (κ1) is 15.2. The molecule has 3 unspecified atom stereocenters. The van der Waals surface area contributed by atoms with E-state index in [1.54, 1.807) is 6.20 Å². The second-order valence-corrected chi connectivity index (χ2v) is 6.79. The minimum Gasteiger partial charge on any atom is -0.464 e. The first-order valence-electron chi connectivity index (χ1n) is 8.61. The van der Waals surface area contributed by atoms with Crippen LogP contribution >= 0.6 is 0 Å². The highest BCUT2D eigenvalue weighted by atomic mass is 16.3. The fraction of sp³-hybridized carbons (Fsp3) is 0.350. The van der Waals surface area contributed by atoms with Crippen LogP contribution in [0.2, 0.25) is 0 Å². The Morgan fingerprint density at radius 3 is 2.71 bits per heavy atom. The summed E-state index contributed by atoms with van der Waals surface area (Å²) in [5, 5.41) is 3.54. The van der Waals surface area contributed by atoms with E-state index in [-0.39, 0.29) is 6.04 Å². The lowest BCUT2D eigenvalue weighted by Crippen LogP contribution is -2.17. The molecule has 4 rings (SSSR count). The van der Waals surface area contributed by atoms with E-state index in [0.29, 0.717) is 5.92 Å². The second kappa shape index (κ2) is 6.29. The number of hydrogen-bond acceptors (Lipinski definition) is 3. The van der Waals surface area contributed by atoms with E-state index in [1.165, 1.54) is 12.0 Å². The van der Waals surface area contributed by atoms with E-state index in [9.17, 15) is 0 Å². The Kier molecular flexibility index (Phi) is 3.98. The molecule has 1 aliphatic rings. The molecular formula is C20H23N3O. The first-order valence-corrected chi connectivity index (χ1v) is 8.61. The molecule has 0 amide bonds. The molecule has 0 aliphatic heterocycles. The van der Waals surface area contributed by atoms with Crippen molar-refractivity contribution in [2.45, 2.75) is 38.8 Å². The number of hydrogen-bond donors (Lipinski definition) is 1. The fourth-order valence-electron chi connectivity index (χ4n) is 3.13. The average Bonchev–Trinajstić information content (AvgIpc) is 3.04. The maximum Gasteiger partial charge on any atom is 0.117 e. The number of imidazole rings is 1. The minimum atomic E-state index is 0.273. The lowest BCUT2D eigenvalue weighted by molar-refractivity contribution is 0.430. The van der Waals surface area contributed by atoms with Crippen LogP contribution in [0.1, 0.15) is 49.3 Å². The summed E-state index contributed by atoms with van der Waals surface area (Å²) in [4.78, 5) is 4.08. The summed E-state index contributed by atoms with van der Waals surface area (Å²) in [6.45, 7) is 5.21. The molecule has 3 atom stereocenters. The molecule has 2 heterocycles. The van der Waals surface area contributed by atoms with Crippen LogP contribution in [0.25, 0.3) is 5.69 Å². The minimum absolute atomic E-state index is 0.273. The van der Waals surface area contributed by atoms with Gasteiger partial charge in [0.2, 0.25) is 0 Å². The van der Waals surface area contributed by atoms with E-state index in [0.717, 1.165) is 29.7 Å². The van der Waals surface area contributed by atoms with E-state index in [2.05, 4.69) is 60.5 Å². The van der Waals surface area contributed by atoms with Crippen LogP contribution in [-0.4, -0.2) is 9.55 Å². The third-order valence-electron chi connectivity index (χ3n) is 4.94. The van der Waals surface area contributed by atoms with Gasteiger partial charge in [0.15, 0.2) is 0 Å². The molecule has 0 bridgehead atoms. The summed E-state index contributed by atoms with van der Waals surface area (Å²) in [5.41, 5.74) is 2.39. The van der Waals surface area contributed by atoms with Gasteiger partial charge in [-0.25, -0.2) is 4.98 Å². The van der Waals surface area contributed by atoms with Crippen LogP contribution < -0.4 is 5.32 Å². The summed E-state index contributed by atoms with van der Waals surface area (Å²) in [6.07, 6.45) is 6.82. The largest absolute Gasteiger partial charge is 0.464 e. The van der Waals surface area contributed by atoms with Gasteiger partial charge in [-0.2, -0.15) is 0 Å². The van der Waals surface area contributed by atoms with Crippen LogP contribution in [0.15, 0.2) is 59.5 Å². The molecule has 2 aromatic heterocycles. The molecule has 0 saturated heterocycles. The molecule has 1 aliphatic carbocycles. The number of nitrogens with zero attached hydrogens (tertiary/aromatic N) is 2. The maximum atomic E-state index is 5.96. The van der Waals surface area contributed by atoms with Crippen molar-refractivity contribution < 1.29 is 4.42 Å². The van der Waals surface area contributed by atoms with Gasteiger partial charge in [0.25, 0.3) is 0 Å². The predicted molar refractivity (Wildman–Crippen MR) is 94.0 cm³/mol. The molecule has 4 heteroatoms. The Balaban J connectivity index is 1.35. The molecule has 4 nitrogen and oxygen atoms in total. The molecule has 1 saturated carbocycles. The fourth-order valence-corrected chi connectivity index (χ4v) is 3.13. The van der Waals surface area contributed by atoms with Crippen molar-refractivity contribution in [2.24, 2.45) is 5.92 Å². The Bertz CT molecular complexity index is 789. The number of aromatic nitrogens is 2. The molecule has 124 valence electrons. The van der Waals surface area contributed by atoms with E-state index in [4.69, 9.17) is 4.42 Å². The summed E-state index contributed by atoms with van der Waals surface area (Å²) >= 11 is 0. The molecule has 24 heavy (non-hydrogen) atoms. The number of nitrogens with one attached hydrogen (secondary N) is 1. The zero-order chi connectivity index (χ0) is 16.5. The van der Waals surface area contributed by atoms with Crippen molar-refractivity contribution in [1.29, 1.82) is 0 Å². The van der Waals surface area contributed by atoms with Gasteiger partial charge in [-0.1, -0.05) is 19.1 Å². The van der Waals surface area contributed by atoms with Crippen LogP contribution in [0.5, 0.6) is 0 Å². The van der Waals surface area contributed by atoms with Gasteiger partial charge in [-0.15, -0.1) is 0 Å². The van der Waals surface area contributed by atoms with Crippen LogP contribution in [0.4, 0.5) is 0 Å². The SMILES string of the molecule is CC(NCc1ccc(C2CC2C)o1)c1ccc(-n2ccnc2)cc1. The van der Waals surface area contributed by atoms with Crippen molar-refractivity contribution in [3.05, 3.63) is 72.2 Å². The Morgan fingerprint density at radius 1 is 1.25 bits per heavy atom. The molecule has 3 aromatic rings. The van der Waals surface area contributed by atoms with Crippen LogP contribution in [-0.2, 0) is 6.54 Å². The van der Waals surface area contributed by atoms with E-state index < -0.39 is 0 Å². The maximum absolute atomic E-state index is 5.96. The smallest absolute Gasteiger partial charge is 0.117 e. The van der Waals surface area contributed by atoms with Gasteiger partial charge in [-0.05, 0) is 49.1 Å². The number of rotatable bonds is 6. The van der Waals surface area contributed by atoms with Gasteiger partial charge < -0.3 is 14.3 Å². The first-order chi connectivity index (χ1) is 11.7. The van der Waals surface area contributed by atoms with Gasteiger partial charge in [0.1, 0.15) is 11.5 Å². The highest BCUT2D eigenvalue weighted by Gasteiger charge is 2.36. The second-order valence-electron chi connectivity index (χ2n) is 6.79. The highest BCUT2D eigenvalue weighted by molar-refractivity contribution is 5.35. The van der Waals surface area contributed by atoms with Crippen LogP contribution in [0, 0.1) is 5.92 Å². The van der Waals surface area contributed by atoms with Gasteiger partial charge in [0.05, 0.1) is 12.9 Å². The number of benzene rings is 1. The van der Waals surface area contributed by atoms with Crippen molar-refractivity contribution in [2.75, 3.05) is 0 Å². The summed E-state index contributed by atoms with van der Waals surface area (Å²) in [6, 6.07) is 13.1. The quantitative estimate of drug-likeness (QED) is 0.730. The van der Waals surface area contributed by atoms with Gasteiger partial charge in [-0.3, -0.25) is 0 Å². The Labute approximate surface area is 142 Å². The summed E-state index contributed by atoms with van der Waals surface area (Å²) < 4.78 is 7.96. The third kappa shape index (κ3) is 3.15. The lowest BCUT2D eigenvalue weighted by atomic mass is 10.1. The Morgan fingerprint density at radius 2 is 2.04 bits per heavy atom. The molecule has 1 fully saturated rings. The van der Waals surface area contributed by atoms with Crippen molar-refractivity contribution in [1.82, 2.24) is 14.9 Å². The van der Waals surface area contributed by atoms with Crippen molar-refractivity contribution in [3.8, 4) is 5.69 Å². The van der Waals surface area contributed by atoms with E-state index in [1.807, 2.05) is 17.1 Å². The zero-order valence-corrected chi connectivity index (χ0v) is 14.1.